The summed E-state index contributed by atoms with van der Waals surface area (Å²) in [7, 11) is -1.34. The van der Waals surface area contributed by atoms with Gasteiger partial charge in [0.25, 0.3) is 0 Å². The Hall–Kier alpha value is -2.51. The molecule has 0 fully saturated rings. The van der Waals surface area contributed by atoms with Gasteiger partial charge in [0.2, 0.25) is 0 Å². The standard InChI is InChI=1S/C29H35O3P/c1-8-17-30-20-18-23(28(2,3)4)27(24(19-20)29(5,6)7)32-33-26-16-12-10-14-22(26)21-13-9-11-15-25(21)31-33/h9-16,18-19H,8,17H2,1-7H3. The third-order valence-electron chi connectivity index (χ3n) is 5.78. The van der Waals surface area contributed by atoms with Crippen LogP contribution in [0.3, 0.4) is 0 Å². The summed E-state index contributed by atoms with van der Waals surface area (Å²) < 4.78 is 19.5. The van der Waals surface area contributed by atoms with Gasteiger partial charge in [-0.05, 0) is 47.1 Å². The van der Waals surface area contributed by atoms with Crippen LogP contribution in [0, 0.1) is 0 Å². The van der Waals surface area contributed by atoms with E-state index in [9.17, 15) is 0 Å². The van der Waals surface area contributed by atoms with Gasteiger partial charge >= 0.3 is 8.38 Å². The second kappa shape index (κ2) is 9.03. The third-order valence-corrected chi connectivity index (χ3v) is 7.28. The number of hydrogen-bond donors (Lipinski definition) is 0. The van der Waals surface area contributed by atoms with Crippen LogP contribution >= 0.6 is 8.38 Å². The van der Waals surface area contributed by atoms with Crippen molar-refractivity contribution in [2.45, 2.75) is 65.7 Å². The highest BCUT2D eigenvalue weighted by molar-refractivity contribution is 7.57. The molecule has 0 amide bonds. The zero-order chi connectivity index (χ0) is 23.8. The smallest absolute Gasteiger partial charge is 0.326 e. The van der Waals surface area contributed by atoms with E-state index in [-0.39, 0.29) is 10.8 Å². The van der Waals surface area contributed by atoms with Crippen molar-refractivity contribution in [3.8, 4) is 28.4 Å². The number of ether oxygens (including phenoxy) is 1. The maximum absolute atomic E-state index is 6.90. The minimum absolute atomic E-state index is 0.122. The van der Waals surface area contributed by atoms with Crippen LogP contribution in [0.2, 0.25) is 0 Å². The normalized spacial score (nSPS) is 15.3. The molecular weight excluding hydrogens is 427 g/mol. The Morgan fingerprint density at radius 1 is 0.788 bits per heavy atom. The van der Waals surface area contributed by atoms with E-state index in [1.807, 2.05) is 12.1 Å². The molecule has 33 heavy (non-hydrogen) atoms. The predicted molar refractivity (Wildman–Crippen MR) is 139 cm³/mol. The second-order valence-electron chi connectivity index (χ2n) is 10.6. The zero-order valence-electron chi connectivity index (χ0n) is 20.9. The Bertz CT molecular complexity index is 1100. The summed E-state index contributed by atoms with van der Waals surface area (Å²) in [5.74, 6) is 2.70. The van der Waals surface area contributed by atoms with Gasteiger partial charge in [-0.2, -0.15) is 0 Å². The van der Waals surface area contributed by atoms with E-state index in [4.69, 9.17) is 13.8 Å². The van der Waals surface area contributed by atoms with Gasteiger partial charge in [-0.3, -0.25) is 0 Å². The van der Waals surface area contributed by atoms with E-state index in [1.54, 1.807) is 0 Å². The lowest BCUT2D eigenvalue weighted by molar-refractivity contribution is 0.314. The van der Waals surface area contributed by atoms with Crippen molar-refractivity contribution in [2.24, 2.45) is 0 Å². The Balaban J connectivity index is 1.85. The number of rotatable bonds is 5. The molecule has 0 saturated heterocycles. The molecule has 0 aliphatic carbocycles. The SMILES string of the molecule is CCCOc1cc(C(C)(C)C)c(OP2Oc3ccccc3-c3ccccc32)c(C(C)(C)C)c1. The van der Waals surface area contributed by atoms with E-state index in [0.717, 1.165) is 45.7 Å². The summed E-state index contributed by atoms with van der Waals surface area (Å²) in [5, 5.41) is 1.11. The summed E-state index contributed by atoms with van der Waals surface area (Å²) in [6, 6.07) is 20.9. The molecule has 4 rings (SSSR count). The first-order valence-electron chi connectivity index (χ1n) is 11.8. The number of hydrogen-bond acceptors (Lipinski definition) is 3. The number of benzene rings is 3. The Morgan fingerprint density at radius 3 is 1.97 bits per heavy atom. The van der Waals surface area contributed by atoms with Crippen LogP contribution in [0.4, 0.5) is 0 Å². The maximum atomic E-state index is 6.90. The van der Waals surface area contributed by atoms with E-state index in [2.05, 4.69) is 97.0 Å². The van der Waals surface area contributed by atoms with Gasteiger partial charge in [-0.1, -0.05) is 84.9 Å². The Kier molecular flexibility index (Phi) is 6.47. The van der Waals surface area contributed by atoms with Crippen LogP contribution in [0.1, 0.15) is 66.0 Å². The largest absolute Gasteiger partial charge is 0.494 e. The van der Waals surface area contributed by atoms with Gasteiger partial charge in [-0.15, -0.1) is 0 Å². The fourth-order valence-electron chi connectivity index (χ4n) is 4.04. The summed E-state index contributed by atoms with van der Waals surface area (Å²) in [4.78, 5) is 0. The minimum Gasteiger partial charge on any atom is -0.494 e. The average Bonchev–Trinajstić information content (AvgIpc) is 2.76. The molecule has 3 aromatic carbocycles. The summed E-state index contributed by atoms with van der Waals surface area (Å²) in [6.07, 6.45) is 0.975. The van der Waals surface area contributed by atoms with Crippen molar-refractivity contribution in [3.05, 3.63) is 71.8 Å². The van der Waals surface area contributed by atoms with Gasteiger partial charge in [0, 0.05) is 16.7 Å². The van der Waals surface area contributed by atoms with Crippen LogP contribution in [0.25, 0.3) is 11.1 Å². The molecule has 174 valence electrons. The fourth-order valence-corrected chi connectivity index (χ4v) is 5.57. The first-order valence-corrected chi connectivity index (χ1v) is 12.9. The first kappa shape index (κ1) is 23.6. The molecule has 0 spiro atoms. The number of para-hydroxylation sites is 1. The molecule has 0 aromatic heterocycles. The van der Waals surface area contributed by atoms with E-state index in [0.29, 0.717) is 6.61 Å². The molecule has 0 bridgehead atoms. The second-order valence-corrected chi connectivity index (χ2v) is 12.0. The molecule has 0 N–H and O–H groups in total. The van der Waals surface area contributed by atoms with Crippen molar-refractivity contribution < 1.29 is 13.8 Å². The van der Waals surface area contributed by atoms with Crippen molar-refractivity contribution in [1.82, 2.24) is 0 Å². The molecule has 3 nitrogen and oxygen atoms in total. The quantitative estimate of drug-likeness (QED) is 0.358. The molecule has 4 heteroatoms. The minimum atomic E-state index is -1.34. The third kappa shape index (κ3) is 4.89. The van der Waals surface area contributed by atoms with Crippen LogP contribution < -0.4 is 19.1 Å². The predicted octanol–water partition coefficient (Wildman–Crippen LogP) is 8.15. The van der Waals surface area contributed by atoms with Gasteiger partial charge in [0.1, 0.15) is 17.2 Å². The molecular formula is C29H35O3P. The average molecular weight is 463 g/mol. The Labute approximate surface area is 200 Å². The summed E-state index contributed by atoms with van der Waals surface area (Å²) >= 11 is 0. The molecule has 1 heterocycles. The lowest BCUT2D eigenvalue weighted by Crippen LogP contribution is -2.22. The van der Waals surface area contributed by atoms with Gasteiger partial charge in [-0.25, -0.2) is 0 Å². The number of fused-ring (bicyclic) bond motifs is 3. The van der Waals surface area contributed by atoms with Gasteiger partial charge in [0.05, 0.1) is 11.9 Å². The topological polar surface area (TPSA) is 27.7 Å². The molecule has 1 aliphatic heterocycles. The molecule has 0 radical (unpaired) electrons. The van der Waals surface area contributed by atoms with Crippen molar-refractivity contribution in [1.29, 1.82) is 0 Å². The van der Waals surface area contributed by atoms with Crippen LogP contribution in [0.15, 0.2) is 60.7 Å². The van der Waals surface area contributed by atoms with E-state index >= 15 is 0 Å². The van der Waals surface area contributed by atoms with Crippen LogP contribution in [0.5, 0.6) is 17.2 Å². The molecule has 0 saturated carbocycles. The summed E-state index contributed by atoms with van der Waals surface area (Å²) in [5.41, 5.74) is 4.34. The molecule has 1 unspecified atom stereocenters. The van der Waals surface area contributed by atoms with Crippen LogP contribution in [-0.2, 0) is 10.8 Å². The van der Waals surface area contributed by atoms with Crippen molar-refractivity contribution >= 4 is 13.7 Å². The lowest BCUT2D eigenvalue weighted by atomic mass is 9.79. The fraction of sp³-hybridized carbons (Fsp3) is 0.379. The van der Waals surface area contributed by atoms with Gasteiger partial charge in [0.15, 0.2) is 0 Å². The molecule has 1 aliphatic rings. The van der Waals surface area contributed by atoms with Crippen LogP contribution in [-0.4, -0.2) is 6.61 Å². The highest BCUT2D eigenvalue weighted by Crippen LogP contribution is 2.53. The van der Waals surface area contributed by atoms with Gasteiger partial charge < -0.3 is 13.8 Å². The summed E-state index contributed by atoms with van der Waals surface area (Å²) in [6.45, 7) is 16.2. The Morgan fingerprint density at radius 2 is 1.36 bits per heavy atom. The highest BCUT2D eigenvalue weighted by Gasteiger charge is 2.34. The monoisotopic (exact) mass is 462 g/mol. The molecule has 3 aromatic rings. The lowest BCUT2D eigenvalue weighted by Gasteiger charge is -2.33. The van der Waals surface area contributed by atoms with E-state index < -0.39 is 8.38 Å². The molecule has 1 atom stereocenters. The maximum Gasteiger partial charge on any atom is 0.326 e. The van der Waals surface area contributed by atoms with Crippen molar-refractivity contribution in [3.63, 3.8) is 0 Å². The zero-order valence-corrected chi connectivity index (χ0v) is 21.8. The first-order chi connectivity index (χ1) is 15.6. The van der Waals surface area contributed by atoms with E-state index in [1.165, 1.54) is 5.56 Å². The highest BCUT2D eigenvalue weighted by atomic mass is 31.2. The van der Waals surface area contributed by atoms with Crippen molar-refractivity contribution in [2.75, 3.05) is 6.61 Å².